The highest BCUT2D eigenvalue weighted by Crippen LogP contribution is 2.33. The Balaban J connectivity index is 1.99. The fraction of sp³-hybridized carbons (Fsp3) is 0.310. The minimum absolute atomic E-state index is 0.00703. The quantitative estimate of drug-likeness (QED) is 0.305. The molecule has 1 N–H and O–H groups in total. The zero-order valence-corrected chi connectivity index (χ0v) is 24.5. The molecular weight excluding hydrogens is 557 g/mol. The van der Waals surface area contributed by atoms with E-state index in [2.05, 4.69) is 5.32 Å². The summed E-state index contributed by atoms with van der Waals surface area (Å²) in [5.74, 6) is -0.636. The molecule has 0 saturated carbocycles. The van der Waals surface area contributed by atoms with Gasteiger partial charge in [-0.05, 0) is 55.2 Å². The number of anilines is 1. The molecule has 0 unspecified atom stereocenters. The average molecular weight is 591 g/mol. The van der Waals surface area contributed by atoms with Gasteiger partial charge in [0.2, 0.25) is 11.8 Å². The minimum atomic E-state index is -4.21. The van der Waals surface area contributed by atoms with Crippen molar-refractivity contribution in [1.82, 2.24) is 10.2 Å². The highest BCUT2D eigenvalue weighted by atomic mass is 35.5. The Morgan fingerprint density at radius 1 is 0.897 bits per heavy atom. The normalized spacial score (nSPS) is 12.2. The van der Waals surface area contributed by atoms with E-state index < -0.39 is 28.5 Å². The van der Waals surface area contributed by atoms with Crippen molar-refractivity contribution in [3.05, 3.63) is 94.5 Å². The zero-order chi connectivity index (χ0) is 28.6. The van der Waals surface area contributed by atoms with E-state index >= 15 is 0 Å². The smallest absolute Gasteiger partial charge is 0.264 e. The Morgan fingerprint density at radius 3 is 2.13 bits per heavy atom. The number of hydrogen-bond donors (Lipinski definition) is 1. The van der Waals surface area contributed by atoms with E-state index in [-0.39, 0.29) is 39.0 Å². The molecule has 3 rings (SSSR count). The molecular formula is C29H33Cl2N3O4S. The summed E-state index contributed by atoms with van der Waals surface area (Å²) >= 11 is 12.6. The van der Waals surface area contributed by atoms with Crippen LogP contribution in [0.2, 0.25) is 10.0 Å². The van der Waals surface area contributed by atoms with Crippen LogP contribution >= 0.6 is 23.2 Å². The number of halogens is 2. The Kier molecular flexibility index (Phi) is 10.8. The lowest BCUT2D eigenvalue weighted by Gasteiger charge is -2.32. The van der Waals surface area contributed by atoms with Gasteiger partial charge in [-0.15, -0.1) is 0 Å². The second kappa shape index (κ2) is 13.8. The predicted octanol–water partition coefficient (Wildman–Crippen LogP) is 5.42. The average Bonchev–Trinajstić information content (AvgIpc) is 2.92. The van der Waals surface area contributed by atoms with Crippen LogP contribution in [0.25, 0.3) is 0 Å². The van der Waals surface area contributed by atoms with Gasteiger partial charge >= 0.3 is 0 Å². The van der Waals surface area contributed by atoms with E-state index in [1.807, 2.05) is 44.2 Å². The fourth-order valence-electron chi connectivity index (χ4n) is 3.93. The Morgan fingerprint density at radius 2 is 1.51 bits per heavy atom. The van der Waals surface area contributed by atoms with Crippen molar-refractivity contribution in [2.75, 3.05) is 23.9 Å². The maximum Gasteiger partial charge on any atom is 0.264 e. The highest BCUT2D eigenvalue weighted by Gasteiger charge is 2.33. The molecule has 0 radical (unpaired) electrons. The van der Waals surface area contributed by atoms with E-state index in [0.29, 0.717) is 13.0 Å². The van der Waals surface area contributed by atoms with E-state index in [1.54, 1.807) is 25.1 Å². The van der Waals surface area contributed by atoms with Gasteiger partial charge in [-0.3, -0.25) is 13.9 Å². The molecule has 208 valence electrons. The van der Waals surface area contributed by atoms with Crippen LogP contribution in [-0.4, -0.2) is 50.8 Å². The number of sulfonamides is 1. The second-order valence-electron chi connectivity index (χ2n) is 9.56. The molecule has 0 spiro atoms. The molecule has 3 aromatic rings. The number of nitrogens with one attached hydrogen (secondary N) is 1. The lowest BCUT2D eigenvalue weighted by Crippen LogP contribution is -2.52. The van der Waals surface area contributed by atoms with E-state index in [4.69, 9.17) is 23.2 Å². The third-order valence-electron chi connectivity index (χ3n) is 6.12. The molecule has 0 aliphatic carbocycles. The minimum Gasteiger partial charge on any atom is -0.354 e. The summed E-state index contributed by atoms with van der Waals surface area (Å²) in [6.07, 6.45) is 0.484. The molecule has 39 heavy (non-hydrogen) atoms. The van der Waals surface area contributed by atoms with Crippen LogP contribution in [0.5, 0.6) is 0 Å². The number of carbonyl (C=O) groups excluding carboxylic acids is 2. The summed E-state index contributed by atoms with van der Waals surface area (Å²) in [7, 11) is -4.21. The highest BCUT2D eigenvalue weighted by molar-refractivity contribution is 7.92. The summed E-state index contributed by atoms with van der Waals surface area (Å²) in [6.45, 7) is 5.68. The Bertz CT molecular complexity index is 1370. The first kappa shape index (κ1) is 30.5. The first-order valence-electron chi connectivity index (χ1n) is 12.6. The van der Waals surface area contributed by atoms with Gasteiger partial charge in [0.1, 0.15) is 12.6 Å². The molecule has 0 heterocycles. The van der Waals surface area contributed by atoms with Gasteiger partial charge in [-0.1, -0.05) is 85.6 Å². The molecule has 0 aliphatic heterocycles. The lowest BCUT2D eigenvalue weighted by atomic mass is 10.1. The third-order valence-corrected chi connectivity index (χ3v) is 8.45. The van der Waals surface area contributed by atoms with Gasteiger partial charge in [0, 0.05) is 18.1 Å². The SMILES string of the molecule is CC(C)CNC(=O)[C@@H](C)N(CCc1ccccc1)C(=O)CN(c1cc(Cl)ccc1Cl)S(=O)(=O)c1ccccc1. The molecule has 2 amide bonds. The molecule has 10 heteroatoms. The van der Waals surface area contributed by atoms with Crippen molar-refractivity contribution in [2.24, 2.45) is 5.92 Å². The Labute approximate surface area is 240 Å². The number of nitrogens with zero attached hydrogens (tertiary/aromatic N) is 2. The zero-order valence-electron chi connectivity index (χ0n) is 22.2. The van der Waals surface area contributed by atoms with Crippen molar-refractivity contribution in [3.8, 4) is 0 Å². The maximum atomic E-state index is 13.9. The van der Waals surface area contributed by atoms with Gasteiger partial charge in [-0.25, -0.2) is 8.42 Å². The van der Waals surface area contributed by atoms with Crippen LogP contribution in [0, 0.1) is 5.92 Å². The molecule has 1 atom stereocenters. The summed E-state index contributed by atoms with van der Waals surface area (Å²) in [4.78, 5) is 28.3. The van der Waals surface area contributed by atoms with Crippen molar-refractivity contribution in [2.45, 2.75) is 38.1 Å². The number of amides is 2. The predicted molar refractivity (Wildman–Crippen MR) is 157 cm³/mol. The molecule has 3 aromatic carbocycles. The Hall–Kier alpha value is -3.07. The molecule has 0 saturated heterocycles. The van der Waals surface area contributed by atoms with Gasteiger partial charge < -0.3 is 10.2 Å². The van der Waals surface area contributed by atoms with Crippen LogP contribution in [0.3, 0.4) is 0 Å². The third kappa shape index (κ3) is 8.21. The van der Waals surface area contributed by atoms with Crippen LogP contribution in [-0.2, 0) is 26.0 Å². The molecule has 0 fully saturated rings. The molecule has 0 bridgehead atoms. The number of hydrogen-bond acceptors (Lipinski definition) is 4. The van der Waals surface area contributed by atoms with E-state index in [1.165, 1.54) is 35.2 Å². The van der Waals surface area contributed by atoms with Crippen LogP contribution < -0.4 is 9.62 Å². The molecule has 0 aromatic heterocycles. The van der Waals surface area contributed by atoms with Crippen molar-refractivity contribution >= 4 is 50.7 Å². The maximum absolute atomic E-state index is 13.9. The standard InChI is InChI=1S/C29H33Cl2N3O4S/c1-21(2)19-32-29(36)22(3)33(17-16-23-10-6-4-7-11-23)28(35)20-34(27-18-24(30)14-15-26(27)31)39(37,38)25-12-8-5-9-13-25/h4-15,18,21-22H,16-17,19-20H2,1-3H3,(H,32,36)/t22-/m1/s1. The van der Waals surface area contributed by atoms with Crippen molar-refractivity contribution in [3.63, 3.8) is 0 Å². The first-order valence-corrected chi connectivity index (χ1v) is 14.8. The largest absolute Gasteiger partial charge is 0.354 e. The van der Waals surface area contributed by atoms with Crippen LogP contribution in [0.4, 0.5) is 5.69 Å². The van der Waals surface area contributed by atoms with Crippen LogP contribution in [0.15, 0.2) is 83.8 Å². The van der Waals surface area contributed by atoms with Crippen LogP contribution in [0.1, 0.15) is 26.3 Å². The number of carbonyl (C=O) groups is 2. The number of rotatable bonds is 12. The van der Waals surface area contributed by atoms with Crippen molar-refractivity contribution < 1.29 is 18.0 Å². The molecule has 0 aliphatic rings. The summed E-state index contributed by atoms with van der Waals surface area (Å²) < 4.78 is 28.5. The lowest BCUT2D eigenvalue weighted by molar-refractivity contribution is -0.138. The van der Waals surface area contributed by atoms with Gasteiger partial charge in [0.25, 0.3) is 10.0 Å². The number of benzene rings is 3. The summed E-state index contributed by atoms with van der Waals surface area (Å²) in [5, 5.41) is 3.25. The van der Waals surface area contributed by atoms with E-state index in [0.717, 1.165) is 9.87 Å². The van der Waals surface area contributed by atoms with Gasteiger partial charge in [-0.2, -0.15) is 0 Å². The van der Waals surface area contributed by atoms with Crippen molar-refractivity contribution in [1.29, 1.82) is 0 Å². The monoisotopic (exact) mass is 589 g/mol. The first-order chi connectivity index (χ1) is 18.5. The second-order valence-corrected chi connectivity index (χ2v) is 12.3. The van der Waals surface area contributed by atoms with Gasteiger partial charge in [0.15, 0.2) is 0 Å². The molecule has 7 nitrogen and oxygen atoms in total. The van der Waals surface area contributed by atoms with E-state index in [9.17, 15) is 18.0 Å². The fourth-order valence-corrected chi connectivity index (χ4v) is 5.81. The summed E-state index contributed by atoms with van der Waals surface area (Å²) in [6, 6.07) is 20.9. The topological polar surface area (TPSA) is 86.8 Å². The van der Waals surface area contributed by atoms with Gasteiger partial charge in [0.05, 0.1) is 15.6 Å². The summed E-state index contributed by atoms with van der Waals surface area (Å²) in [5.41, 5.74) is 1.05.